The summed E-state index contributed by atoms with van der Waals surface area (Å²) in [6, 6.07) is 0. The first-order valence-corrected chi connectivity index (χ1v) is 7.36. The summed E-state index contributed by atoms with van der Waals surface area (Å²) in [5.41, 5.74) is 3.54. The van der Waals surface area contributed by atoms with E-state index >= 15 is 0 Å². The van der Waals surface area contributed by atoms with Crippen LogP contribution < -0.4 is 5.32 Å². The van der Waals surface area contributed by atoms with Crippen LogP contribution >= 0.6 is 0 Å². The van der Waals surface area contributed by atoms with Crippen molar-refractivity contribution in [2.45, 2.75) is 52.4 Å². The molecule has 1 aromatic heterocycles. The van der Waals surface area contributed by atoms with E-state index in [2.05, 4.69) is 17.3 Å². The molecule has 4 heteroatoms. The number of carbonyl (C=O) groups excluding carboxylic acids is 1. The Morgan fingerprint density at radius 1 is 1.32 bits per heavy atom. The quantitative estimate of drug-likeness (QED) is 0.906. The molecule has 19 heavy (non-hydrogen) atoms. The van der Waals surface area contributed by atoms with Gasteiger partial charge >= 0.3 is 0 Å². The molecule has 4 nitrogen and oxygen atoms in total. The Morgan fingerprint density at radius 3 is 2.58 bits per heavy atom. The van der Waals surface area contributed by atoms with Crippen molar-refractivity contribution in [2.75, 3.05) is 6.54 Å². The van der Waals surface area contributed by atoms with Gasteiger partial charge in [-0.2, -0.15) is 5.10 Å². The van der Waals surface area contributed by atoms with Gasteiger partial charge in [-0.1, -0.05) is 19.3 Å². The Morgan fingerprint density at radius 2 is 2.00 bits per heavy atom. The van der Waals surface area contributed by atoms with Gasteiger partial charge in [0.15, 0.2) is 0 Å². The average Bonchev–Trinajstić information content (AvgIpc) is 2.66. The second-order valence-electron chi connectivity index (χ2n) is 5.65. The van der Waals surface area contributed by atoms with Crippen molar-refractivity contribution in [2.24, 2.45) is 13.0 Å². The summed E-state index contributed by atoms with van der Waals surface area (Å²) in [5.74, 6) is 0.503. The van der Waals surface area contributed by atoms with Gasteiger partial charge in [0.1, 0.15) is 0 Å². The van der Waals surface area contributed by atoms with Crippen LogP contribution in [0.1, 0.15) is 49.1 Å². The number of nitrogens with zero attached hydrogens (tertiary/aromatic N) is 2. The van der Waals surface area contributed by atoms with E-state index in [0.717, 1.165) is 31.5 Å². The van der Waals surface area contributed by atoms with E-state index in [0.29, 0.717) is 0 Å². The molecule has 106 valence electrons. The van der Waals surface area contributed by atoms with Crippen molar-refractivity contribution in [1.29, 1.82) is 0 Å². The lowest BCUT2D eigenvalue weighted by Gasteiger charge is -2.20. The normalized spacial score (nSPS) is 16.6. The molecule has 1 aliphatic rings. The first-order valence-electron chi connectivity index (χ1n) is 7.36. The van der Waals surface area contributed by atoms with E-state index in [9.17, 15) is 4.79 Å². The maximum atomic E-state index is 12.0. The first kappa shape index (κ1) is 14.1. The summed E-state index contributed by atoms with van der Waals surface area (Å²) in [7, 11) is 1.96. The molecule has 1 fully saturated rings. The summed E-state index contributed by atoms with van der Waals surface area (Å²) in [6.07, 6.45) is 6.72. The molecule has 0 spiro atoms. The lowest BCUT2D eigenvalue weighted by atomic mass is 9.88. The molecule has 1 aliphatic carbocycles. The number of nitrogens with one attached hydrogen (secondary N) is 1. The highest BCUT2D eigenvalue weighted by Crippen LogP contribution is 2.23. The molecule has 1 saturated carbocycles. The zero-order valence-electron chi connectivity index (χ0n) is 12.3. The second-order valence-corrected chi connectivity index (χ2v) is 5.65. The third-order valence-electron chi connectivity index (χ3n) is 4.31. The molecule has 0 atom stereocenters. The van der Waals surface area contributed by atoms with Crippen molar-refractivity contribution < 1.29 is 4.79 Å². The monoisotopic (exact) mass is 263 g/mol. The predicted octanol–water partition coefficient (Wildman–Crippen LogP) is 2.28. The van der Waals surface area contributed by atoms with Crippen LogP contribution in [-0.4, -0.2) is 22.2 Å². The maximum Gasteiger partial charge on any atom is 0.223 e. The molecule has 0 aliphatic heterocycles. The Kier molecular flexibility index (Phi) is 4.61. The van der Waals surface area contributed by atoms with E-state index < -0.39 is 0 Å². The van der Waals surface area contributed by atoms with Gasteiger partial charge in [0.2, 0.25) is 5.91 Å². The van der Waals surface area contributed by atoms with Crippen LogP contribution in [0.2, 0.25) is 0 Å². The molecule has 1 heterocycles. The SMILES string of the molecule is Cc1nn(C)c(C)c1CCNC(=O)C1CCCCC1. The van der Waals surface area contributed by atoms with E-state index in [1.165, 1.54) is 30.5 Å². The summed E-state index contributed by atoms with van der Waals surface area (Å²) >= 11 is 0. The number of hydrogen-bond donors (Lipinski definition) is 1. The largest absolute Gasteiger partial charge is 0.356 e. The Bertz CT molecular complexity index is 444. The number of aromatic nitrogens is 2. The summed E-state index contributed by atoms with van der Waals surface area (Å²) < 4.78 is 1.91. The van der Waals surface area contributed by atoms with Crippen molar-refractivity contribution in [3.63, 3.8) is 0 Å². The number of aryl methyl sites for hydroxylation is 2. The molecule has 0 bridgehead atoms. The molecular formula is C15H25N3O. The fourth-order valence-corrected chi connectivity index (χ4v) is 3.00. The van der Waals surface area contributed by atoms with E-state index in [1.54, 1.807) is 0 Å². The second kappa shape index (κ2) is 6.22. The highest BCUT2D eigenvalue weighted by Gasteiger charge is 2.20. The standard InChI is InChI=1S/C15H25N3O/c1-11-14(12(2)18(3)17-11)9-10-16-15(19)13-7-5-4-6-8-13/h13H,4-10H2,1-3H3,(H,16,19). The predicted molar refractivity (Wildman–Crippen MR) is 76.0 cm³/mol. The van der Waals surface area contributed by atoms with Crippen LogP contribution in [0.4, 0.5) is 0 Å². The third-order valence-corrected chi connectivity index (χ3v) is 4.31. The van der Waals surface area contributed by atoms with Crippen LogP contribution in [0.3, 0.4) is 0 Å². The first-order chi connectivity index (χ1) is 9.09. The molecular weight excluding hydrogens is 238 g/mol. The maximum absolute atomic E-state index is 12.0. The molecule has 2 rings (SSSR count). The topological polar surface area (TPSA) is 46.9 Å². The Labute approximate surface area is 115 Å². The van der Waals surface area contributed by atoms with Gasteiger partial charge in [-0.3, -0.25) is 9.48 Å². The van der Waals surface area contributed by atoms with Gasteiger partial charge in [0.05, 0.1) is 5.69 Å². The van der Waals surface area contributed by atoms with E-state index in [-0.39, 0.29) is 11.8 Å². The van der Waals surface area contributed by atoms with Gasteiger partial charge in [0.25, 0.3) is 0 Å². The molecule has 1 aromatic rings. The fourth-order valence-electron chi connectivity index (χ4n) is 3.00. The van der Waals surface area contributed by atoms with Crippen molar-refractivity contribution >= 4 is 5.91 Å². The molecule has 0 unspecified atom stereocenters. The molecule has 0 aromatic carbocycles. The van der Waals surface area contributed by atoms with Crippen LogP contribution in [0, 0.1) is 19.8 Å². The van der Waals surface area contributed by atoms with Gasteiger partial charge in [-0.05, 0) is 38.7 Å². The van der Waals surface area contributed by atoms with Gasteiger partial charge in [-0.15, -0.1) is 0 Å². The number of carbonyl (C=O) groups is 1. The lowest BCUT2D eigenvalue weighted by Crippen LogP contribution is -2.33. The van der Waals surface area contributed by atoms with Crippen LogP contribution in [0.25, 0.3) is 0 Å². The van der Waals surface area contributed by atoms with Gasteiger partial charge in [-0.25, -0.2) is 0 Å². The fraction of sp³-hybridized carbons (Fsp3) is 0.733. The minimum Gasteiger partial charge on any atom is -0.356 e. The highest BCUT2D eigenvalue weighted by molar-refractivity contribution is 5.78. The molecule has 1 N–H and O–H groups in total. The van der Waals surface area contributed by atoms with Crippen LogP contribution in [0.15, 0.2) is 0 Å². The summed E-state index contributed by atoms with van der Waals surface area (Å²) in [6.45, 7) is 4.84. The van der Waals surface area contributed by atoms with E-state index in [4.69, 9.17) is 0 Å². The minimum atomic E-state index is 0.249. The smallest absolute Gasteiger partial charge is 0.223 e. The van der Waals surface area contributed by atoms with Crippen molar-refractivity contribution in [3.05, 3.63) is 17.0 Å². The minimum absolute atomic E-state index is 0.249. The van der Waals surface area contributed by atoms with Crippen molar-refractivity contribution in [3.8, 4) is 0 Å². The van der Waals surface area contributed by atoms with Gasteiger partial charge in [0, 0.05) is 25.2 Å². The van der Waals surface area contributed by atoms with Crippen LogP contribution in [-0.2, 0) is 18.3 Å². The average molecular weight is 263 g/mol. The van der Waals surface area contributed by atoms with Gasteiger partial charge < -0.3 is 5.32 Å². The Hall–Kier alpha value is -1.32. The number of amides is 1. The van der Waals surface area contributed by atoms with E-state index in [1.807, 2.05) is 18.7 Å². The lowest BCUT2D eigenvalue weighted by molar-refractivity contribution is -0.125. The van der Waals surface area contributed by atoms with Crippen molar-refractivity contribution in [1.82, 2.24) is 15.1 Å². The number of rotatable bonds is 4. The Balaban J connectivity index is 1.81. The highest BCUT2D eigenvalue weighted by atomic mass is 16.1. The summed E-state index contributed by atoms with van der Waals surface area (Å²) in [5, 5.41) is 7.49. The third kappa shape index (κ3) is 3.37. The molecule has 0 saturated heterocycles. The zero-order chi connectivity index (χ0) is 13.8. The summed E-state index contributed by atoms with van der Waals surface area (Å²) in [4.78, 5) is 12.0. The molecule has 0 radical (unpaired) electrons. The zero-order valence-corrected chi connectivity index (χ0v) is 12.3. The molecule has 1 amide bonds. The number of hydrogen-bond acceptors (Lipinski definition) is 2. The van der Waals surface area contributed by atoms with Crippen LogP contribution in [0.5, 0.6) is 0 Å².